The summed E-state index contributed by atoms with van der Waals surface area (Å²) in [6.07, 6.45) is -5.17. The van der Waals surface area contributed by atoms with Crippen molar-refractivity contribution in [2.75, 3.05) is 5.01 Å². The monoisotopic (exact) mass is 360 g/mol. The Labute approximate surface area is 143 Å². The number of nitrogens with zero attached hydrogens (tertiary/aromatic N) is 1. The number of hydrogen-bond donors (Lipinski definition) is 2. The second-order valence-corrected chi connectivity index (χ2v) is 6.51. The van der Waals surface area contributed by atoms with Gasteiger partial charge in [-0.05, 0) is 50.2 Å². The molecule has 0 aliphatic carbocycles. The first kappa shape index (κ1) is 20.7. The van der Waals surface area contributed by atoms with E-state index >= 15 is 0 Å². The predicted octanol–water partition coefficient (Wildman–Crippen LogP) is 3.81. The van der Waals surface area contributed by atoms with Crippen LogP contribution in [0.2, 0.25) is 0 Å². The lowest BCUT2D eigenvalue weighted by molar-refractivity contribution is -0.202. The zero-order chi connectivity index (χ0) is 18.5. The molecule has 0 radical (unpaired) electrons. The maximum Gasteiger partial charge on any atom is 0.414 e. The van der Waals surface area contributed by atoms with Gasteiger partial charge in [-0.25, -0.2) is 5.84 Å². The Balaban J connectivity index is 2.76. The van der Waals surface area contributed by atoms with Crippen molar-refractivity contribution >= 4 is 20.2 Å². The molecule has 0 saturated heterocycles. The van der Waals surface area contributed by atoms with Crippen LogP contribution in [-0.4, -0.2) is 17.4 Å². The Bertz CT molecular complexity index is 609. The largest absolute Gasteiger partial charge is 0.414 e. The highest BCUT2D eigenvalue weighted by Crippen LogP contribution is 2.25. The Hall–Kier alpha value is -1.36. The molecule has 1 aromatic carbocycles. The summed E-state index contributed by atoms with van der Waals surface area (Å²) in [6.45, 7) is 5.32. The number of benzene rings is 1. The minimum atomic E-state index is -4.59. The minimum absolute atomic E-state index is 0.419. The van der Waals surface area contributed by atoms with Crippen LogP contribution in [0.15, 0.2) is 47.2 Å². The molecule has 0 amide bonds. The minimum Gasteiger partial charge on any atom is -0.383 e. The van der Waals surface area contributed by atoms with Gasteiger partial charge in [-0.3, -0.25) is 5.01 Å². The zero-order valence-corrected chi connectivity index (χ0v) is 15.2. The van der Waals surface area contributed by atoms with Gasteiger partial charge in [-0.1, -0.05) is 23.8 Å². The van der Waals surface area contributed by atoms with Gasteiger partial charge < -0.3 is 5.11 Å². The summed E-state index contributed by atoms with van der Waals surface area (Å²) in [4.78, 5) is 0. The van der Waals surface area contributed by atoms with Crippen molar-refractivity contribution in [3.63, 3.8) is 0 Å². The highest BCUT2D eigenvalue weighted by atomic mass is 31.0. The highest BCUT2D eigenvalue weighted by Gasteiger charge is 2.37. The van der Waals surface area contributed by atoms with Gasteiger partial charge in [0.05, 0.1) is 5.69 Å². The third-order valence-corrected chi connectivity index (χ3v) is 4.19. The number of hydrazine groups is 1. The van der Waals surface area contributed by atoms with Gasteiger partial charge in [0.15, 0.2) is 6.10 Å². The molecule has 2 atom stereocenters. The number of hydrogen-bond acceptors (Lipinski definition) is 3. The molecule has 1 rings (SSSR count). The van der Waals surface area contributed by atoms with Crippen LogP contribution in [0.3, 0.4) is 0 Å². The molecule has 0 aromatic heterocycles. The van der Waals surface area contributed by atoms with Crippen molar-refractivity contribution in [2.24, 2.45) is 5.84 Å². The zero-order valence-electron chi connectivity index (χ0n) is 14.1. The van der Waals surface area contributed by atoms with E-state index in [1.807, 2.05) is 38.1 Å². The molecule has 0 heterocycles. The van der Waals surface area contributed by atoms with Gasteiger partial charge >= 0.3 is 6.18 Å². The quantitative estimate of drug-likeness (QED) is 0.351. The first-order valence-electron chi connectivity index (χ1n) is 7.49. The lowest BCUT2D eigenvalue weighted by Crippen LogP contribution is -2.29. The van der Waals surface area contributed by atoms with Gasteiger partial charge in [0, 0.05) is 12.1 Å². The average Bonchev–Trinajstić information content (AvgIpc) is 2.51. The van der Waals surface area contributed by atoms with Crippen LogP contribution in [-0.2, 0) is 0 Å². The van der Waals surface area contributed by atoms with Crippen molar-refractivity contribution in [1.82, 2.24) is 0 Å². The topological polar surface area (TPSA) is 49.5 Å². The number of aliphatic hydroxyl groups is 1. The number of allylic oxidation sites excluding steroid dienone is 3. The maximum atomic E-state index is 12.3. The van der Waals surface area contributed by atoms with Crippen LogP contribution in [0.25, 0.3) is 0 Å². The maximum absolute atomic E-state index is 12.3. The normalized spacial score (nSPS) is 15.1. The molecule has 3 nitrogen and oxygen atoms in total. The molecule has 0 fully saturated rings. The van der Waals surface area contributed by atoms with Crippen molar-refractivity contribution in [1.29, 1.82) is 0 Å². The Kier molecular flexibility index (Phi) is 7.46. The molecular formula is C17H24F3N2OP. The Morgan fingerprint density at radius 1 is 1.25 bits per heavy atom. The molecule has 0 spiro atoms. The van der Waals surface area contributed by atoms with E-state index < -0.39 is 18.7 Å². The third-order valence-electron chi connectivity index (χ3n) is 3.80. The lowest BCUT2D eigenvalue weighted by Gasteiger charge is -2.22. The van der Waals surface area contributed by atoms with Crippen LogP contribution >= 0.6 is 9.24 Å². The van der Waals surface area contributed by atoms with E-state index in [0.29, 0.717) is 12.0 Å². The Morgan fingerprint density at radius 2 is 1.79 bits per heavy atom. The molecule has 0 aliphatic heterocycles. The molecule has 2 unspecified atom stereocenters. The summed E-state index contributed by atoms with van der Waals surface area (Å²) in [5.74, 6) is 6.09. The first-order chi connectivity index (χ1) is 11.0. The van der Waals surface area contributed by atoms with E-state index in [-0.39, 0.29) is 0 Å². The highest BCUT2D eigenvalue weighted by molar-refractivity contribution is 7.27. The number of rotatable bonds is 6. The third kappa shape index (κ3) is 6.27. The summed E-state index contributed by atoms with van der Waals surface area (Å²) in [6, 6.07) is 7.62. The van der Waals surface area contributed by atoms with Crippen LogP contribution < -0.4 is 16.2 Å². The predicted molar refractivity (Wildman–Crippen MR) is 95.9 cm³/mol. The SMILES string of the molecule is C/C(=C\C/C(C)=C(\C)N(N)c1ccc(P)cc1)CC(O)C(F)(F)F. The number of anilines is 1. The second-order valence-electron chi connectivity index (χ2n) is 5.84. The number of halogens is 3. The van der Waals surface area contributed by atoms with E-state index in [2.05, 4.69) is 9.24 Å². The first-order valence-corrected chi connectivity index (χ1v) is 8.07. The van der Waals surface area contributed by atoms with E-state index in [4.69, 9.17) is 10.9 Å². The smallest absolute Gasteiger partial charge is 0.383 e. The molecule has 134 valence electrons. The number of alkyl halides is 3. The molecule has 0 bridgehead atoms. The molecule has 24 heavy (non-hydrogen) atoms. The van der Waals surface area contributed by atoms with Crippen LogP contribution in [0.1, 0.15) is 33.6 Å². The number of nitrogens with two attached hydrogens (primary N) is 1. The summed E-state index contributed by atoms with van der Waals surface area (Å²) < 4.78 is 37.0. The van der Waals surface area contributed by atoms with E-state index in [1.54, 1.807) is 18.0 Å². The summed E-state index contributed by atoms with van der Waals surface area (Å²) >= 11 is 0. The lowest BCUT2D eigenvalue weighted by atomic mass is 10.1. The van der Waals surface area contributed by atoms with Gasteiger partial charge in [0.1, 0.15) is 0 Å². The van der Waals surface area contributed by atoms with Crippen LogP contribution in [0, 0.1) is 0 Å². The van der Waals surface area contributed by atoms with Gasteiger partial charge in [-0.15, -0.1) is 9.24 Å². The van der Waals surface area contributed by atoms with Crippen molar-refractivity contribution in [2.45, 2.75) is 45.9 Å². The van der Waals surface area contributed by atoms with Gasteiger partial charge in [0.2, 0.25) is 0 Å². The van der Waals surface area contributed by atoms with E-state index in [1.165, 1.54) is 0 Å². The van der Waals surface area contributed by atoms with Crippen LogP contribution in [0.4, 0.5) is 18.9 Å². The average molecular weight is 360 g/mol. The molecule has 7 heteroatoms. The molecular weight excluding hydrogens is 336 g/mol. The van der Waals surface area contributed by atoms with Crippen LogP contribution in [0.5, 0.6) is 0 Å². The fourth-order valence-electron chi connectivity index (χ4n) is 2.01. The molecule has 3 N–H and O–H groups in total. The standard InChI is InChI=1S/C17H24F3N2OP/c1-11(10-16(23)17(18,19)20)4-5-12(2)13(3)22(21)14-6-8-15(24)9-7-14/h4,6-9,16,23H,5,10,21,24H2,1-3H3/b11-4+,13-12+. The fourth-order valence-corrected chi connectivity index (χ4v) is 2.21. The summed E-state index contributed by atoms with van der Waals surface area (Å²) in [5.41, 5.74) is 3.08. The van der Waals surface area contributed by atoms with Crippen molar-refractivity contribution < 1.29 is 18.3 Å². The van der Waals surface area contributed by atoms with Crippen molar-refractivity contribution in [3.8, 4) is 0 Å². The van der Waals surface area contributed by atoms with E-state index in [9.17, 15) is 13.2 Å². The fraction of sp³-hybridized carbons (Fsp3) is 0.412. The molecule has 0 saturated carbocycles. The number of aliphatic hydroxyl groups excluding tert-OH is 1. The van der Waals surface area contributed by atoms with Crippen molar-refractivity contribution in [3.05, 3.63) is 47.2 Å². The molecule has 1 aromatic rings. The second kappa shape index (κ2) is 8.65. The van der Waals surface area contributed by atoms with Gasteiger partial charge in [-0.2, -0.15) is 13.2 Å². The summed E-state index contributed by atoms with van der Waals surface area (Å²) in [7, 11) is 2.60. The Morgan fingerprint density at radius 3 is 2.29 bits per heavy atom. The van der Waals surface area contributed by atoms with Gasteiger partial charge in [0.25, 0.3) is 0 Å². The molecule has 0 aliphatic rings. The summed E-state index contributed by atoms with van der Waals surface area (Å²) in [5, 5.41) is 11.7. The van der Waals surface area contributed by atoms with E-state index in [0.717, 1.165) is 22.3 Å².